The average Bonchev–Trinajstić information content (AvgIpc) is 2.63. The maximum atomic E-state index is 13.1. The van der Waals surface area contributed by atoms with Crippen molar-refractivity contribution in [3.63, 3.8) is 0 Å². The maximum Gasteiger partial charge on any atom is 0.425 e. The molecule has 0 aliphatic heterocycles. The Balaban J connectivity index is 2.10. The van der Waals surface area contributed by atoms with Gasteiger partial charge in [0.15, 0.2) is 0 Å². The number of esters is 1. The second-order valence-electron chi connectivity index (χ2n) is 5.36. The summed E-state index contributed by atoms with van der Waals surface area (Å²) in [6, 6.07) is 11.9. The van der Waals surface area contributed by atoms with Crippen LogP contribution in [0.1, 0.15) is 0 Å². The first-order valence-corrected chi connectivity index (χ1v) is 8.36. The second kappa shape index (κ2) is 9.07. The van der Waals surface area contributed by atoms with Crippen LogP contribution in [0.15, 0.2) is 42.5 Å². The van der Waals surface area contributed by atoms with Crippen molar-refractivity contribution < 1.29 is 55.2 Å². The van der Waals surface area contributed by atoms with Gasteiger partial charge in [-0.05, 0) is 11.5 Å². The van der Waals surface area contributed by atoms with Crippen molar-refractivity contribution >= 4 is 28.8 Å². The lowest BCUT2D eigenvalue weighted by Gasteiger charge is -2.32. The second-order valence-corrected chi connectivity index (χ2v) is 6.28. The van der Waals surface area contributed by atoms with Crippen LogP contribution in [0.3, 0.4) is 0 Å². The van der Waals surface area contributed by atoms with Crippen molar-refractivity contribution in [2.75, 3.05) is 13.2 Å². The molecule has 2 rings (SSSR count). The van der Waals surface area contributed by atoms with Crippen LogP contribution in [-0.2, 0) is 18.9 Å². The number of rotatable bonds is 8. The highest BCUT2D eigenvalue weighted by atomic mass is 32.2. The Kier molecular flexibility index (Phi) is 7.21. The van der Waals surface area contributed by atoms with Gasteiger partial charge in [-0.15, -0.1) is 4.33 Å². The van der Waals surface area contributed by atoms with E-state index in [-0.39, 0.29) is 0 Å². The summed E-state index contributed by atoms with van der Waals surface area (Å²) in [5.41, 5.74) is 0. The van der Waals surface area contributed by atoms with Crippen LogP contribution in [0.4, 0.5) is 26.3 Å². The molecule has 0 fully saturated rings. The summed E-state index contributed by atoms with van der Waals surface area (Å²) in [5, 5.41) is 12.1. The molecule has 0 saturated carbocycles. The van der Waals surface area contributed by atoms with E-state index in [0.29, 0.717) is 11.1 Å². The smallest absolute Gasteiger partial charge is 0.425 e. The van der Waals surface area contributed by atoms with Crippen molar-refractivity contribution in [2.24, 2.45) is 0 Å². The highest BCUT2D eigenvalue weighted by Crippen LogP contribution is 2.53. The molecule has 0 unspecified atom stereocenters. The zero-order valence-electron chi connectivity index (χ0n) is 14.1. The molecule has 160 valence electrons. The average molecular weight is 446 g/mol. The van der Waals surface area contributed by atoms with Gasteiger partial charge in [-0.1, -0.05) is 41.4 Å². The number of benzene rings is 2. The lowest BCUT2D eigenvalue weighted by atomic mass is 10.1. The Morgan fingerprint density at radius 1 is 0.931 bits per heavy atom. The minimum absolute atomic E-state index is 0.295. The van der Waals surface area contributed by atoms with Crippen LogP contribution in [0, 0.1) is 0 Å². The van der Waals surface area contributed by atoms with Gasteiger partial charge in [0.2, 0.25) is 0 Å². The minimum atomic E-state index is -6.18. The fraction of sp³-hybridized carbons (Fsp3) is 0.312. The third-order valence-electron chi connectivity index (χ3n) is 3.60. The number of ether oxygens (including phenoxy) is 2. The van der Waals surface area contributed by atoms with Crippen molar-refractivity contribution in [3.05, 3.63) is 42.5 Å². The summed E-state index contributed by atoms with van der Waals surface area (Å²) in [7, 11) is 0. The molecule has 0 aromatic heterocycles. The van der Waals surface area contributed by atoms with E-state index in [1.54, 1.807) is 36.4 Å². The number of carbonyl (C=O) groups excluding carboxylic acids is 1. The van der Waals surface area contributed by atoms with Crippen molar-refractivity contribution in [3.8, 4) is 5.75 Å². The maximum absolute atomic E-state index is 13.1. The summed E-state index contributed by atoms with van der Waals surface area (Å²) in [6.07, 6.45) is -12.4. The normalized spacial score (nSPS) is 12.8. The predicted octanol–water partition coefficient (Wildman–Crippen LogP) is 4.69. The van der Waals surface area contributed by atoms with Gasteiger partial charge >= 0.3 is 23.1 Å². The molecule has 2 aromatic rings. The summed E-state index contributed by atoms with van der Waals surface area (Å²) in [5.74, 6) is -2.41. The topological polar surface area (TPSA) is 74.2 Å². The Morgan fingerprint density at radius 2 is 1.55 bits per heavy atom. The number of halogens is 6. The molecule has 6 nitrogen and oxygen atoms in total. The first-order chi connectivity index (χ1) is 13.5. The highest BCUT2D eigenvalue weighted by Gasteiger charge is 2.79. The van der Waals surface area contributed by atoms with Crippen molar-refractivity contribution in [1.29, 1.82) is 0 Å². The number of hydrogen-bond donors (Lipinski definition) is 1. The van der Waals surface area contributed by atoms with Gasteiger partial charge < -0.3 is 9.47 Å². The number of fused-ring (bicyclic) bond motifs is 1. The lowest BCUT2D eigenvalue weighted by molar-refractivity contribution is -0.434. The quantitative estimate of drug-likeness (QED) is 0.157. The third kappa shape index (κ3) is 4.86. The standard InChI is InChI=1S/C16H12F6O6S/c17-15(18,19)14(16(20,21)22,29-28-27-24)13(23)26-9-8-25-12-7-3-5-10-4-1-2-6-11(10)12/h1-7,24H,8-9H2. The lowest BCUT2D eigenvalue weighted by Crippen LogP contribution is -2.60. The molecule has 0 atom stereocenters. The Hall–Kier alpha value is -2.22. The van der Waals surface area contributed by atoms with Crippen molar-refractivity contribution in [1.82, 2.24) is 0 Å². The van der Waals surface area contributed by atoms with Crippen molar-refractivity contribution in [2.45, 2.75) is 17.1 Å². The Morgan fingerprint density at radius 3 is 2.17 bits per heavy atom. The molecule has 2 aromatic carbocycles. The number of hydrogen-bond acceptors (Lipinski definition) is 7. The number of alkyl halides is 6. The van der Waals surface area contributed by atoms with Crippen LogP contribution in [-0.4, -0.2) is 41.5 Å². The SMILES string of the molecule is O=C(OCCOc1cccc2ccccc12)C(SOOO)(C(F)(F)F)C(F)(F)F. The summed E-state index contributed by atoms with van der Waals surface area (Å²) in [4.78, 5) is 11.7. The van der Waals surface area contributed by atoms with E-state index in [4.69, 9.17) is 9.99 Å². The van der Waals surface area contributed by atoms with Gasteiger partial charge in [0.25, 0.3) is 0 Å². The molecule has 0 bridgehead atoms. The molecule has 0 radical (unpaired) electrons. The molecule has 29 heavy (non-hydrogen) atoms. The molecule has 0 heterocycles. The van der Waals surface area contributed by atoms with Crippen LogP contribution in [0.25, 0.3) is 10.8 Å². The van der Waals surface area contributed by atoms with Gasteiger partial charge in [0, 0.05) is 5.39 Å². The van der Waals surface area contributed by atoms with Gasteiger partial charge in [0.05, 0.1) is 12.0 Å². The summed E-state index contributed by atoms with van der Waals surface area (Å²) >= 11 is -1.49. The zero-order chi connectivity index (χ0) is 21.7. The van der Waals surface area contributed by atoms with E-state index in [9.17, 15) is 31.1 Å². The molecule has 1 N–H and O–H groups in total. The zero-order valence-corrected chi connectivity index (χ0v) is 14.9. The van der Waals surface area contributed by atoms with E-state index in [1.165, 1.54) is 6.07 Å². The predicted molar refractivity (Wildman–Crippen MR) is 87.6 cm³/mol. The summed E-state index contributed by atoms with van der Waals surface area (Å²) in [6.45, 7) is -1.44. The Labute approximate surface area is 163 Å². The largest absolute Gasteiger partial charge is 0.489 e. The Bertz CT molecular complexity index is 821. The van der Waals surface area contributed by atoms with E-state index in [1.807, 2.05) is 0 Å². The van der Waals surface area contributed by atoms with Crippen LogP contribution in [0.5, 0.6) is 5.75 Å². The fourth-order valence-electron chi connectivity index (χ4n) is 2.30. The minimum Gasteiger partial charge on any atom is -0.489 e. The van der Waals surface area contributed by atoms with Crippen LogP contribution >= 0.6 is 12.0 Å². The van der Waals surface area contributed by atoms with E-state index in [0.717, 1.165) is 5.39 Å². The highest BCUT2D eigenvalue weighted by molar-refractivity contribution is 7.96. The van der Waals surface area contributed by atoms with Crippen LogP contribution in [0.2, 0.25) is 0 Å². The number of carbonyl (C=O) groups is 1. The molecule has 0 aliphatic rings. The molecular weight excluding hydrogens is 434 g/mol. The van der Waals surface area contributed by atoms with Crippen LogP contribution < -0.4 is 4.74 Å². The molecule has 0 saturated heterocycles. The first-order valence-electron chi connectivity index (χ1n) is 7.62. The molecular formula is C16H12F6O6S. The molecule has 0 aliphatic carbocycles. The summed E-state index contributed by atoms with van der Waals surface area (Å²) < 4.78 is 86.2. The van der Waals surface area contributed by atoms with E-state index < -0.39 is 48.3 Å². The monoisotopic (exact) mass is 446 g/mol. The van der Waals surface area contributed by atoms with Gasteiger partial charge in [0.1, 0.15) is 19.0 Å². The first kappa shape index (κ1) is 23.1. The third-order valence-corrected chi connectivity index (χ3v) is 4.61. The molecule has 0 amide bonds. The molecule has 13 heteroatoms. The van der Waals surface area contributed by atoms with Gasteiger partial charge in [-0.2, -0.15) is 26.3 Å². The van der Waals surface area contributed by atoms with Gasteiger partial charge in [-0.3, -0.25) is 0 Å². The fourth-order valence-corrected chi connectivity index (χ4v) is 2.74. The van der Waals surface area contributed by atoms with Gasteiger partial charge in [-0.25, -0.2) is 10.1 Å². The van der Waals surface area contributed by atoms with E-state index >= 15 is 0 Å². The van der Waals surface area contributed by atoms with E-state index in [2.05, 4.69) is 14.1 Å². The molecule has 0 spiro atoms.